The zero-order chi connectivity index (χ0) is 32.8. The molecule has 4 aromatic rings. The van der Waals surface area contributed by atoms with Crippen LogP contribution in [-0.4, -0.2) is 24.6 Å². The minimum absolute atomic E-state index is 0.0113. The monoisotopic (exact) mass is 734 g/mol. The standard InChI is InChI=1S/2C15H20P.C14H14.Zr/c2*1-3-9-16(10-4-2)15-11-13-7-5-6-8-14(13)12-15;1-3-7-13(8-4-1)11-12-14-9-5-2-6-10-14;/h2*5-8,11-12H,3-4,9-10H2,1-2H3;1-10H,11-12H2;. The summed E-state index contributed by atoms with van der Waals surface area (Å²) in [5.41, 5.74) is 9.27. The van der Waals surface area contributed by atoms with Crippen molar-refractivity contribution < 1.29 is 23.2 Å². The van der Waals surface area contributed by atoms with Crippen molar-refractivity contribution in [3.8, 4) is 0 Å². The fourth-order valence-electron chi connectivity index (χ4n) is 7.08. The quantitative estimate of drug-likeness (QED) is 0.107. The van der Waals surface area contributed by atoms with Crippen molar-refractivity contribution in [1.29, 1.82) is 0 Å². The Balaban J connectivity index is 0.000000257. The van der Waals surface area contributed by atoms with Crippen LogP contribution in [0, 0.1) is 0 Å². The number of allylic oxidation sites excluding steroid dienone is 2. The van der Waals surface area contributed by atoms with E-state index in [1.54, 1.807) is 22.3 Å². The number of hydrogen-bond acceptors (Lipinski definition) is 0. The zero-order valence-corrected chi connectivity index (χ0v) is 33.4. The fraction of sp³-hybridized carbons (Fsp3) is 0.364. The predicted octanol–water partition coefficient (Wildman–Crippen LogP) is 13.3. The molecule has 0 bridgehead atoms. The van der Waals surface area contributed by atoms with Gasteiger partial charge in [-0.1, -0.05) is 60.7 Å². The molecule has 0 saturated carbocycles. The first kappa shape index (κ1) is 36.4. The summed E-state index contributed by atoms with van der Waals surface area (Å²) < 4.78 is 1.54. The van der Waals surface area contributed by atoms with E-state index in [4.69, 9.17) is 0 Å². The van der Waals surface area contributed by atoms with Crippen LogP contribution in [0.5, 0.6) is 0 Å². The van der Waals surface area contributed by atoms with Crippen LogP contribution in [0.25, 0.3) is 12.2 Å². The van der Waals surface area contributed by atoms with E-state index >= 15 is 0 Å². The molecule has 47 heavy (non-hydrogen) atoms. The first-order valence-electron chi connectivity index (χ1n) is 18.1. The van der Waals surface area contributed by atoms with Gasteiger partial charge in [-0.15, -0.1) is 0 Å². The van der Waals surface area contributed by atoms with Gasteiger partial charge in [-0.2, -0.15) is 0 Å². The van der Waals surface area contributed by atoms with Crippen LogP contribution in [-0.2, 0) is 36.1 Å². The molecule has 0 saturated heterocycles. The summed E-state index contributed by atoms with van der Waals surface area (Å²) >= 11 is -0.781. The van der Waals surface area contributed by atoms with Gasteiger partial charge in [0.2, 0.25) is 0 Å². The number of aryl methyl sites for hydroxylation is 2. The fourth-order valence-corrected chi connectivity index (χ4v) is 20.2. The van der Waals surface area contributed by atoms with E-state index in [9.17, 15) is 0 Å². The number of benzene rings is 4. The van der Waals surface area contributed by atoms with Gasteiger partial charge in [0, 0.05) is 0 Å². The van der Waals surface area contributed by atoms with Gasteiger partial charge in [0.15, 0.2) is 0 Å². The van der Waals surface area contributed by atoms with Crippen LogP contribution in [0.4, 0.5) is 0 Å². The van der Waals surface area contributed by atoms with E-state index < -0.39 is 23.2 Å². The molecular formula is C44H54P2Zr. The molecule has 0 aromatic heterocycles. The maximum Gasteiger partial charge on any atom is -0.0238 e. The summed E-state index contributed by atoms with van der Waals surface area (Å²) in [6.07, 6.45) is 18.5. The average Bonchev–Trinajstić information content (AvgIpc) is 3.67. The normalized spacial score (nSPS) is 16.3. The van der Waals surface area contributed by atoms with E-state index in [1.807, 2.05) is 10.6 Å². The van der Waals surface area contributed by atoms with Crippen molar-refractivity contribution in [2.45, 2.75) is 73.5 Å². The number of fused-ring (bicyclic) bond motifs is 2. The molecule has 2 unspecified atom stereocenters. The smallest absolute Gasteiger partial charge is 0.0238 e. The van der Waals surface area contributed by atoms with Gasteiger partial charge >= 0.3 is 218 Å². The summed E-state index contributed by atoms with van der Waals surface area (Å²) in [4.78, 5) is 0. The van der Waals surface area contributed by atoms with Gasteiger partial charge in [-0.3, -0.25) is 0 Å². The molecule has 0 spiro atoms. The summed E-state index contributed by atoms with van der Waals surface area (Å²) in [7, 11) is 0.0226. The molecule has 0 radical (unpaired) electrons. The van der Waals surface area contributed by atoms with Gasteiger partial charge < -0.3 is 0 Å². The Hall–Kier alpha value is -1.90. The van der Waals surface area contributed by atoms with Crippen molar-refractivity contribution in [3.63, 3.8) is 0 Å². The second kappa shape index (κ2) is 19.3. The Morgan fingerprint density at radius 3 is 1.15 bits per heavy atom. The molecule has 0 fully saturated rings. The topological polar surface area (TPSA) is 0 Å². The minimum atomic E-state index is -0.781. The molecule has 244 valence electrons. The molecule has 0 amide bonds. The molecular weight excluding hydrogens is 682 g/mol. The van der Waals surface area contributed by atoms with E-state index in [0.29, 0.717) is 0 Å². The van der Waals surface area contributed by atoms with Crippen LogP contribution in [0.15, 0.2) is 120 Å². The van der Waals surface area contributed by atoms with E-state index in [0.717, 1.165) is 20.1 Å². The van der Waals surface area contributed by atoms with Gasteiger partial charge in [-0.25, -0.2) is 0 Å². The Morgan fingerprint density at radius 1 is 0.447 bits per heavy atom. The third-order valence-corrected chi connectivity index (χ3v) is 21.3. The summed E-state index contributed by atoms with van der Waals surface area (Å²) in [5, 5.41) is 3.75. The molecule has 0 nitrogen and oxygen atoms in total. The number of hydrogen-bond donors (Lipinski definition) is 0. The van der Waals surface area contributed by atoms with Gasteiger partial charge in [-0.05, 0) is 24.0 Å². The van der Waals surface area contributed by atoms with Crippen LogP contribution in [0.2, 0.25) is 0 Å². The predicted molar refractivity (Wildman–Crippen MR) is 209 cm³/mol. The molecule has 3 heteroatoms. The summed E-state index contributed by atoms with van der Waals surface area (Å²) in [6.45, 7) is 9.55. The van der Waals surface area contributed by atoms with Gasteiger partial charge in [0.1, 0.15) is 0 Å². The Bertz CT molecular complexity index is 1440. The first-order valence-corrected chi connectivity index (χ1v) is 24.4. The van der Waals surface area contributed by atoms with E-state index in [-0.39, 0.29) is 15.8 Å². The second-order valence-corrected chi connectivity index (χ2v) is 21.5. The van der Waals surface area contributed by atoms with Crippen molar-refractivity contribution in [1.82, 2.24) is 0 Å². The average molecular weight is 736 g/mol. The summed E-state index contributed by atoms with van der Waals surface area (Å²) in [5.74, 6) is 0. The maximum atomic E-state index is 2.66. The summed E-state index contributed by atoms with van der Waals surface area (Å²) in [6, 6.07) is 40.1. The maximum absolute atomic E-state index is 2.66. The Labute approximate surface area is 300 Å². The minimum Gasteiger partial charge on any atom is -0.0622 e. The van der Waals surface area contributed by atoms with Gasteiger partial charge in [0.25, 0.3) is 0 Å². The van der Waals surface area contributed by atoms with E-state index in [1.165, 1.54) is 61.5 Å². The Morgan fingerprint density at radius 2 is 0.787 bits per heavy atom. The third-order valence-electron chi connectivity index (χ3n) is 9.24. The van der Waals surface area contributed by atoms with E-state index in [2.05, 4.69) is 149 Å². The largest absolute Gasteiger partial charge is 0.0622 e. The van der Waals surface area contributed by atoms with Crippen molar-refractivity contribution in [3.05, 3.63) is 153 Å². The molecule has 0 heterocycles. The van der Waals surface area contributed by atoms with Crippen LogP contribution in [0.3, 0.4) is 0 Å². The van der Waals surface area contributed by atoms with Crippen LogP contribution < -0.4 is 0 Å². The molecule has 0 N–H and O–H groups in total. The first-order chi connectivity index (χ1) is 23.2. The van der Waals surface area contributed by atoms with Crippen molar-refractivity contribution in [2.24, 2.45) is 0 Å². The molecule has 0 aliphatic heterocycles. The number of rotatable bonds is 15. The molecule has 2 aliphatic rings. The van der Waals surface area contributed by atoms with Crippen molar-refractivity contribution in [2.75, 3.05) is 24.6 Å². The van der Waals surface area contributed by atoms with Crippen LogP contribution >= 0.6 is 15.8 Å². The zero-order valence-electron chi connectivity index (χ0n) is 29.2. The van der Waals surface area contributed by atoms with Gasteiger partial charge in [0.05, 0.1) is 0 Å². The molecule has 2 atom stereocenters. The second-order valence-electron chi connectivity index (χ2n) is 12.9. The molecule has 6 rings (SSSR count). The van der Waals surface area contributed by atoms with Crippen molar-refractivity contribution >= 4 is 28.0 Å². The third kappa shape index (κ3) is 9.85. The SMILES string of the molecule is CCCP(CCC)C1=Cc2ccccc2[CH]1[Zr][CH]1C(P(CCC)CCC)=Cc2ccccc21.c1ccc(CCc2ccccc2)cc1. The Kier molecular flexibility index (Phi) is 15.0. The molecule has 4 aromatic carbocycles. The van der Waals surface area contributed by atoms with Crippen LogP contribution in [0.1, 0.15) is 94.0 Å². The molecule has 2 aliphatic carbocycles.